The van der Waals surface area contributed by atoms with Crippen molar-refractivity contribution in [2.24, 2.45) is 0 Å². The Hall–Kier alpha value is -1.89. The van der Waals surface area contributed by atoms with Gasteiger partial charge in [-0.2, -0.15) is 0 Å². The van der Waals surface area contributed by atoms with Crippen LogP contribution in [0.5, 0.6) is 11.6 Å². The second-order valence-electron chi connectivity index (χ2n) is 3.76. The van der Waals surface area contributed by atoms with Gasteiger partial charge in [0.1, 0.15) is 0 Å². The highest BCUT2D eigenvalue weighted by Gasteiger charge is 2.05. The molecule has 0 saturated heterocycles. The minimum Gasteiger partial charge on any atom is -0.491 e. The summed E-state index contributed by atoms with van der Waals surface area (Å²) >= 11 is 11.6. The molecule has 5 heteroatoms. The third-order valence-electron chi connectivity index (χ3n) is 2.36. The van der Waals surface area contributed by atoms with Crippen molar-refractivity contribution in [3.8, 4) is 23.5 Å². The summed E-state index contributed by atoms with van der Waals surface area (Å²) in [5.74, 6) is 6.70. The van der Waals surface area contributed by atoms with Crippen LogP contribution in [0.3, 0.4) is 0 Å². The molecular formula is C15H11Cl2NO2. The Morgan fingerprint density at radius 3 is 2.60 bits per heavy atom. The van der Waals surface area contributed by atoms with Gasteiger partial charge in [0.2, 0.25) is 0 Å². The van der Waals surface area contributed by atoms with Gasteiger partial charge < -0.3 is 9.47 Å². The lowest BCUT2D eigenvalue weighted by Crippen LogP contribution is -1.99. The van der Waals surface area contributed by atoms with Gasteiger partial charge in [0.15, 0.2) is 12.4 Å². The average molecular weight is 308 g/mol. The Kier molecular flexibility index (Phi) is 5.11. The Labute approximate surface area is 127 Å². The van der Waals surface area contributed by atoms with Crippen LogP contribution in [-0.4, -0.2) is 18.7 Å². The topological polar surface area (TPSA) is 31.4 Å². The maximum Gasteiger partial charge on any atom is 0.258 e. The largest absolute Gasteiger partial charge is 0.491 e. The number of ether oxygens (including phenoxy) is 2. The summed E-state index contributed by atoms with van der Waals surface area (Å²) in [5.41, 5.74) is 0.869. The van der Waals surface area contributed by atoms with Gasteiger partial charge in [0.25, 0.3) is 5.88 Å². The van der Waals surface area contributed by atoms with Gasteiger partial charge in [0.05, 0.1) is 12.1 Å². The molecule has 0 aliphatic carbocycles. The van der Waals surface area contributed by atoms with Crippen LogP contribution in [0.2, 0.25) is 10.0 Å². The zero-order valence-corrected chi connectivity index (χ0v) is 12.2. The quantitative estimate of drug-likeness (QED) is 0.808. The number of nitrogens with zero attached hydrogens (tertiary/aromatic N) is 1. The molecule has 1 aromatic heterocycles. The van der Waals surface area contributed by atoms with Gasteiger partial charge in [-0.05, 0) is 24.3 Å². The number of halogens is 2. The maximum atomic E-state index is 5.81. The highest BCUT2D eigenvalue weighted by molar-refractivity contribution is 6.30. The number of rotatable bonds is 3. The molecule has 2 aromatic rings. The molecule has 3 nitrogen and oxygen atoms in total. The zero-order chi connectivity index (χ0) is 14.4. The van der Waals surface area contributed by atoms with Crippen LogP contribution in [0.1, 0.15) is 5.56 Å². The number of hydrogen-bond donors (Lipinski definition) is 0. The summed E-state index contributed by atoms with van der Waals surface area (Å²) in [6.07, 6.45) is 1.49. The molecule has 0 N–H and O–H groups in total. The first-order chi connectivity index (χ1) is 9.69. The molecule has 0 aliphatic heterocycles. The smallest absolute Gasteiger partial charge is 0.258 e. The van der Waals surface area contributed by atoms with Gasteiger partial charge >= 0.3 is 0 Å². The van der Waals surface area contributed by atoms with Crippen molar-refractivity contribution in [2.45, 2.75) is 0 Å². The van der Waals surface area contributed by atoms with E-state index in [1.54, 1.807) is 18.2 Å². The van der Waals surface area contributed by atoms with E-state index in [1.165, 1.54) is 13.3 Å². The van der Waals surface area contributed by atoms with Crippen LogP contribution in [0.4, 0.5) is 0 Å². The highest BCUT2D eigenvalue weighted by atomic mass is 35.5. The summed E-state index contributed by atoms with van der Waals surface area (Å²) in [6, 6.07) is 8.90. The summed E-state index contributed by atoms with van der Waals surface area (Å²) in [4.78, 5) is 4.04. The summed E-state index contributed by atoms with van der Waals surface area (Å²) in [7, 11) is 1.53. The molecule has 20 heavy (non-hydrogen) atoms. The lowest BCUT2D eigenvalue weighted by molar-refractivity contribution is 0.318. The molecule has 0 fully saturated rings. The Morgan fingerprint density at radius 2 is 1.90 bits per heavy atom. The fourth-order valence-electron chi connectivity index (χ4n) is 1.44. The van der Waals surface area contributed by atoms with Crippen molar-refractivity contribution in [1.29, 1.82) is 0 Å². The van der Waals surface area contributed by atoms with E-state index in [0.29, 0.717) is 21.7 Å². The first-order valence-corrected chi connectivity index (χ1v) is 6.51. The van der Waals surface area contributed by atoms with Crippen molar-refractivity contribution < 1.29 is 9.47 Å². The standard InChI is InChI=1S/C15H11Cl2NO2/c1-19-14-9-13(17)10-18-15(14)20-8-2-3-11-4-6-12(16)7-5-11/h4-7,9-10H,8H2,1H3. The van der Waals surface area contributed by atoms with Crippen LogP contribution < -0.4 is 9.47 Å². The zero-order valence-electron chi connectivity index (χ0n) is 10.7. The van der Waals surface area contributed by atoms with E-state index in [1.807, 2.05) is 12.1 Å². The first kappa shape index (κ1) is 14.5. The second kappa shape index (κ2) is 7.04. The van der Waals surface area contributed by atoms with E-state index in [-0.39, 0.29) is 6.61 Å². The van der Waals surface area contributed by atoms with Crippen molar-refractivity contribution in [1.82, 2.24) is 4.98 Å². The number of aromatic nitrogens is 1. The molecule has 0 amide bonds. The fourth-order valence-corrected chi connectivity index (χ4v) is 1.71. The fraction of sp³-hybridized carbons (Fsp3) is 0.133. The molecular weight excluding hydrogens is 297 g/mol. The van der Waals surface area contributed by atoms with E-state index in [2.05, 4.69) is 16.8 Å². The summed E-state index contributed by atoms with van der Waals surface area (Å²) in [6.45, 7) is 0.202. The normalized spacial score (nSPS) is 9.55. The average Bonchev–Trinajstić information content (AvgIpc) is 2.46. The van der Waals surface area contributed by atoms with E-state index < -0.39 is 0 Å². The molecule has 0 saturated carbocycles. The monoisotopic (exact) mass is 307 g/mol. The minimum atomic E-state index is 0.202. The predicted octanol–water partition coefficient (Wildman–Crippen LogP) is 3.83. The third-order valence-corrected chi connectivity index (χ3v) is 2.82. The van der Waals surface area contributed by atoms with E-state index >= 15 is 0 Å². The molecule has 0 aliphatic rings. The second-order valence-corrected chi connectivity index (χ2v) is 4.63. The molecule has 0 atom stereocenters. The molecule has 0 bridgehead atoms. The molecule has 1 heterocycles. The number of hydrogen-bond acceptors (Lipinski definition) is 3. The van der Waals surface area contributed by atoms with Gasteiger partial charge in [-0.25, -0.2) is 4.98 Å². The lowest BCUT2D eigenvalue weighted by atomic mass is 10.2. The third kappa shape index (κ3) is 4.06. The van der Waals surface area contributed by atoms with E-state index in [9.17, 15) is 0 Å². The predicted molar refractivity (Wildman–Crippen MR) is 79.6 cm³/mol. The summed E-state index contributed by atoms with van der Waals surface area (Å²) < 4.78 is 10.6. The van der Waals surface area contributed by atoms with Crippen LogP contribution in [0.25, 0.3) is 0 Å². The molecule has 1 aromatic carbocycles. The van der Waals surface area contributed by atoms with Crippen molar-refractivity contribution in [2.75, 3.05) is 13.7 Å². The Bertz CT molecular complexity index is 645. The van der Waals surface area contributed by atoms with Gasteiger partial charge in [-0.3, -0.25) is 0 Å². The molecule has 0 unspecified atom stereocenters. The van der Waals surface area contributed by atoms with Gasteiger partial charge in [-0.1, -0.05) is 35.0 Å². The highest BCUT2D eigenvalue weighted by Crippen LogP contribution is 2.26. The molecule has 0 spiro atoms. The van der Waals surface area contributed by atoms with Crippen LogP contribution in [0.15, 0.2) is 36.5 Å². The SMILES string of the molecule is COc1cc(Cl)cnc1OCC#Cc1ccc(Cl)cc1. The lowest BCUT2D eigenvalue weighted by Gasteiger charge is -2.06. The van der Waals surface area contributed by atoms with E-state index in [0.717, 1.165) is 5.56 Å². The first-order valence-electron chi connectivity index (χ1n) is 5.76. The van der Waals surface area contributed by atoms with Gasteiger partial charge in [-0.15, -0.1) is 0 Å². The molecule has 2 rings (SSSR count). The van der Waals surface area contributed by atoms with Crippen molar-refractivity contribution in [3.05, 3.63) is 52.1 Å². The van der Waals surface area contributed by atoms with Crippen LogP contribution >= 0.6 is 23.2 Å². The van der Waals surface area contributed by atoms with Crippen molar-refractivity contribution in [3.63, 3.8) is 0 Å². The summed E-state index contributed by atoms with van der Waals surface area (Å²) in [5, 5.41) is 1.17. The number of benzene rings is 1. The van der Waals surface area contributed by atoms with E-state index in [4.69, 9.17) is 32.7 Å². The van der Waals surface area contributed by atoms with Crippen LogP contribution in [0, 0.1) is 11.8 Å². The number of pyridine rings is 1. The van der Waals surface area contributed by atoms with Crippen LogP contribution in [-0.2, 0) is 0 Å². The Balaban J connectivity index is 1.98. The Morgan fingerprint density at radius 1 is 1.15 bits per heavy atom. The number of methoxy groups -OCH3 is 1. The van der Waals surface area contributed by atoms with Gasteiger partial charge in [0, 0.05) is 22.8 Å². The minimum absolute atomic E-state index is 0.202. The van der Waals surface area contributed by atoms with Crippen molar-refractivity contribution >= 4 is 23.2 Å². The molecule has 102 valence electrons. The maximum absolute atomic E-state index is 5.81. The molecule has 0 radical (unpaired) electrons.